The van der Waals surface area contributed by atoms with E-state index in [0.717, 1.165) is 25.7 Å². The van der Waals surface area contributed by atoms with Crippen molar-refractivity contribution in [1.82, 2.24) is 14.3 Å². The Morgan fingerprint density at radius 1 is 1.17 bits per heavy atom. The zero-order valence-electron chi connectivity index (χ0n) is 16.3. The number of aromatic nitrogens is 2. The lowest BCUT2D eigenvalue weighted by Crippen LogP contribution is -2.44. The molecule has 1 atom stereocenters. The van der Waals surface area contributed by atoms with Crippen LogP contribution in [0.2, 0.25) is 0 Å². The minimum absolute atomic E-state index is 0.0736. The number of rotatable bonds is 4. The lowest BCUT2D eigenvalue weighted by Gasteiger charge is -2.34. The number of halogens is 1. The lowest BCUT2D eigenvalue weighted by atomic mass is 10.00. The van der Waals surface area contributed by atoms with Gasteiger partial charge in [0.15, 0.2) is 5.69 Å². The maximum absolute atomic E-state index is 13.9. The van der Waals surface area contributed by atoms with Gasteiger partial charge >= 0.3 is 0 Å². The third-order valence-corrected chi connectivity index (χ3v) is 5.44. The molecule has 0 spiro atoms. The Morgan fingerprint density at radius 2 is 1.97 bits per heavy atom. The van der Waals surface area contributed by atoms with Crippen molar-refractivity contribution in [2.75, 3.05) is 11.9 Å². The summed E-state index contributed by atoms with van der Waals surface area (Å²) in [6.07, 6.45) is 5.66. The van der Waals surface area contributed by atoms with Crippen molar-refractivity contribution in [1.29, 1.82) is 0 Å². The predicted molar refractivity (Wildman–Crippen MR) is 109 cm³/mol. The van der Waals surface area contributed by atoms with E-state index in [1.165, 1.54) is 12.1 Å². The van der Waals surface area contributed by atoms with Crippen LogP contribution in [0.1, 0.15) is 53.7 Å². The first-order chi connectivity index (χ1) is 14.1. The van der Waals surface area contributed by atoms with Gasteiger partial charge in [-0.15, -0.1) is 0 Å². The third-order valence-electron chi connectivity index (χ3n) is 5.44. The van der Waals surface area contributed by atoms with Crippen molar-refractivity contribution in [3.63, 3.8) is 0 Å². The van der Waals surface area contributed by atoms with Crippen LogP contribution in [0.15, 0.2) is 48.7 Å². The number of anilines is 1. The Bertz CT molecular complexity index is 1060. The fourth-order valence-corrected chi connectivity index (χ4v) is 3.92. The highest BCUT2D eigenvalue weighted by atomic mass is 19.1. The molecule has 29 heavy (non-hydrogen) atoms. The first-order valence-electron chi connectivity index (χ1n) is 9.94. The van der Waals surface area contributed by atoms with Crippen molar-refractivity contribution in [3.8, 4) is 0 Å². The Labute approximate surface area is 168 Å². The number of pyridine rings is 1. The number of carbonyl (C=O) groups excluding carboxylic acids is 2. The molecule has 2 amide bonds. The van der Waals surface area contributed by atoms with Gasteiger partial charge in [-0.05, 0) is 49.9 Å². The number of imidazole rings is 1. The monoisotopic (exact) mass is 394 g/mol. The van der Waals surface area contributed by atoms with E-state index in [4.69, 9.17) is 0 Å². The second-order valence-electron chi connectivity index (χ2n) is 7.23. The van der Waals surface area contributed by atoms with Crippen molar-refractivity contribution < 1.29 is 14.0 Å². The van der Waals surface area contributed by atoms with E-state index in [2.05, 4.69) is 17.2 Å². The molecule has 4 rings (SSSR count). The van der Waals surface area contributed by atoms with E-state index >= 15 is 0 Å². The zero-order chi connectivity index (χ0) is 20.4. The normalized spacial score (nSPS) is 16.8. The molecule has 0 saturated carbocycles. The van der Waals surface area contributed by atoms with Gasteiger partial charge in [0.25, 0.3) is 11.8 Å². The molecule has 7 heteroatoms. The molecule has 0 radical (unpaired) electrons. The smallest absolute Gasteiger partial charge is 0.290 e. The summed E-state index contributed by atoms with van der Waals surface area (Å²) in [5.41, 5.74) is 0.682. The number of benzene rings is 1. The average molecular weight is 394 g/mol. The average Bonchev–Trinajstić information content (AvgIpc) is 3.14. The number of hydrogen-bond acceptors (Lipinski definition) is 3. The van der Waals surface area contributed by atoms with Crippen LogP contribution in [-0.4, -0.2) is 38.7 Å². The second-order valence-corrected chi connectivity index (χ2v) is 7.23. The number of hydrogen-bond donors (Lipinski definition) is 1. The molecule has 0 bridgehead atoms. The maximum atomic E-state index is 13.9. The third kappa shape index (κ3) is 3.60. The first kappa shape index (κ1) is 19.1. The number of fused-ring (bicyclic) bond motifs is 1. The minimum Gasteiger partial charge on any atom is -0.333 e. The summed E-state index contributed by atoms with van der Waals surface area (Å²) in [5.74, 6) is -1.05. The molecule has 1 fully saturated rings. The van der Waals surface area contributed by atoms with E-state index in [-0.39, 0.29) is 29.2 Å². The quantitative estimate of drug-likeness (QED) is 0.724. The molecule has 150 valence electrons. The van der Waals surface area contributed by atoms with Gasteiger partial charge in [0.05, 0.1) is 11.2 Å². The highest BCUT2D eigenvalue weighted by Crippen LogP contribution is 2.23. The molecule has 1 saturated heterocycles. The Morgan fingerprint density at radius 3 is 2.76 bits per heavy atom. The molecule has 1 unspecified atom stereocenters. The summed E-state index contributed by atoms with van der Waals surface area (Å²) in [7, 11) is 0. The maximum Gasteiger partial charge on any atom is 0.290 e. The summed E-state index contributed by atoms with van der Waals surface area (Å²) < 4.78 is 15.6. The van der Waals surface area contributed by atoms with Crippen LogP contribution in [0.3, 0.4) is 0 Å². The number of piperidine rings is 1. The number of amides is 2. The van der Waals surface area contributed by atoms with Crippen LogP contribution in [-0.2, 0) is 0 Å². The Kier molecular flexibility index (Phi) is 5.29. The van der Waals surface area contributed by atoms with Crippen molar-refractivity contribution in [3.05, 3.63) is 66.0 Å². The van der Waals surface area contributed by atoms with E-state index in [1.807, 2.05) is 4.90 Å². The molecule has 6 nitrogen and oxygen atoms in total. The predicted octanol–water partition coefficient (Wildman–Crippen LogP) is 4.13. The molecule has 3 aromatic rings. The van der Waals surface area contributed by atoms with Gasteiger partial charge in [-0.3, -0.25) is 14.0 Å². The van der Waals surface area contributed by atoms with Crippen molar-refractivity contribution >= 4 is 23.0 Å². The van der Waals surface area contributed by atoms with Gasteiger partial charge in [0.2, 0.25) is 5.82 Å². The van der Waals surface area contributed by atoms with Crippen molar-refractivity contribution in [2.24, 2.45) is 0 Å². The van der Waals surface area contributed by atoms with E-state index in [1.54, 1.807) is 40.9 Å². The van der Waals surface area contributed by atoms with Gasteiger partial charge < -0.3 is 10.2 Å². The second kappa shape index (κ2) is 8.03. The lowest BCUT2D eigenvalue weighted by molar-refractivity contribution is 0.0594. The number of para-hydroxylation sites is 1. The minimum atomic E-state index is -0.552. The summed E-state index contributed by atoms with van der Waals surface area (Å²) in [6.45, 7) is 2.77. The molecule has 2 aromatic heterocycles. The Balaban J connectivity index is 1.71. The van der Waals surface area contributed by atoms with Crippen LogP contribution in [0.5, 0.6) is 0 Å². The molecular formula is C22H23FN4O2. The summed E-state index contributed by atoms with van der Waals surface area (Å²) in [6, 6.07) is 11.4. The largest absolute Gasteiger partial charge is 0.333 e. The van der Waals surface area contributed by atoms with Crippen molar-refractivity contribution in [2.45, 2.75) is 38.6 Å². The van der Waals surface area contributed by atoms with Gasteiger partial charge in [0, 0.05) is 18.8 Å². The number of likely N-dealkylation sites (tertiary alicyclic amines) is 1. The molecule has 1 N–H and O–H groups in total. The van der Waals surface area contributed by atoms with E-state index in [0.29, 0.717) is 12.1 Å². The molecule has 1 aliphatic heterocycles. The highest BCUT2D eigenvalue weighted by molar-refractivity contribution is 6.09. The topological polar surface area (TPSA) is 66.7 Å². The van der Waals surface area contributed by atoms with E-state index < -0.39 is 11.7 Å². The number of nitrogens with zero attached hydrogens (tertiary/aromatic N) is 3. The zero-order valence-corrected chi connectivity index (χ0v) is 16.3. The summed E-state index contributed by atoms with van der Waals surface area (Å²) >= 11 is 0. The number of carbonyl (C=O) groups is 2. The Hall–Kier alpha value is -3.22. The SMILES string of the molecule is CCC1CCCCN1C(=O)c1nc(C(=O)Nc2ccccc2F)c2ccccn12. The summed E-state index contributed by atoms with van der Waals surface area (Å²) in [4.78, 5) is 32.4. The fraction of sp³-hybridized carbons (Fsp3) is 0.318. The molecule has 1 aliphatic rings. The van der Waals surface area contributed by atoms with Gasteiger partial charge in [-0.25, -0.2) is 9.37 Å². The van der Waals surface area contributed by atoms with Crippen LogP contribution in [0, 0.1) is 5.82 Å². The van der Waals surface area contributed by atoms with Crippen LogP contribution in [0.25, 0.3) is 5.52 Å². The van der Waals surface area contributed by atoms with Gasteiger partial charge in [-0.1, -0.05) is 25.1 Å². The molecule has 3 heterocycles. The van der Waals surface area contributed by atoms with Crippen LogP contribution in [0.4, 0.5) is 10.1 Å². The van der Waals surface area contributed by atoms with Crippen LogP contribution >= 0.6 is 0 Å². The van der Waals surface area contributed by atoms with Crippen LogP contribution < -0.4 is 5.32 Å². The first-order valence-corrected chi connectivity index (χ1v) is 9.94. The molecule has 0 aliphatic carbocycles. The summed E-state index contributed by atoms with van der Waals surface area (Å²) in [5, 5.41) is 2.56. The molecular weight excluding hydrogens is 371 g/mol. The van der Waals surface area contributed by atoms with Gasteiger partial charge in [0.1, 0.15) is 5.82 Å². The number of nitrogens with one attached hydrogen (secondary N) is 1. The van der Waals surface area contributed by atoms with E-state index in [9.17, 15) is 14.0 Å². The molecule has 1 aromatic carbocycles. The standard InChI is InChI=1S/C22H23FN4O2/c1-2-15-9-5-7-13-26(15)22(29)20-25-19(18-12-6-8-14-27(18)20)21(28)24-17-11-4-3-10-16(17)23/h3-4,6,8,10-12,14-15H,2,5,7,9,13H2,1H3,(H,24,28). The van der Waals surface area contributed by atoms with Gasteiger partial charge in [-0.2, -0.15) is 0 Å². The fourth-order valence-electron chi connectivity index (χ4n) is 3.92. The highest BCUT2D eigenvalue weighted by Gasteiger charge is 2.30.